The Morgan fingerprint density at radius 1 is 1.36 bits per heavy atom. The molecule has 0 radical (unpaired) electrons. The molecule has 1 aliphatic heterocycles. The lowest BCUT2D eigenvalue weighted by Crippen LogP contribution is -2.36. The summed E-state index contributed by atoms with van der Waals surface area (Å²) in [6.07, 6.45) is 3.97. The molecule has 22 heavy (non-hydrogen) atoms. The lowest BCUT2D eigenvalue weighted by Gasteiger charge is -2.26. The smallest absolute Gasteiger partial charge is 0.186 e. The molecule has 0 saturated carbocycles. The molecule has 1 aliphatic rings. The second-order valence-corrected chi connectivity index (χ2v) is 6.39. The van der Waals surface area contributed by atoms with Gasteiger partial charge in [-0.1, -0.05) is 29.6 Å². The van der Waals surface area contributed by atoms with Gasteiger partial charge in [0.25, 0.3) is 0 Å². The van der Waals surface area contributed by atoms with E-state index in [1.54, 1.807) is 11.3 Å². The third kappa shape index (κ3) is 4.19. The Bertz CT molecular complexity index is 593. The van der Waals surface area contributed by atoms with Crippen LogP contribution in [0.2, 0.25) is 0 Å². The van der Waals surface area contributed by atoms with Crippen LogP contribution in [0, 0.1) is 0 Å². The SMILES string of the molecule is C=C(C)/C=C(\C=C(\C)N)c1sc(N2CCOCC2)nc1CN. The Morgan fingerprint density at radius 3 is 2.59 bits per heavy atom. The molecule has 6 heteroatoms. The number of rotatable bonds is 5. The van der Waals surface area contributed by atoms with E-state index in [9.17, 15) is 0 Å². The number of allylic oxidation sites excluding steroid dienone is 5. The highest BCUT2D eigenvalue weighted by Gasteiger charge is 2.19. The predicted octanol–water partition coefficient (Wildman–Crippen LogP) is 2.26. The van der Waals surface area contributed by atoms with Crippen molar-refractivity contribution in [2.75, 3.05) is 31.2 Å². The van der Waals surface area contributed by atoms with Crippen molar-refractivity contribution in [2.45, 2.75) is 20.4 Å². The Hall–Kier alpha value is -1.63. The molecule has 0 spiro atoms. The fraction of sp³-hybridized carbons (Fsp3) is 0.438. The van der Waals surface area contributed by atoms with Crippen LogP contribution >= 0.6 is 11.3 Å². The van der Waals surface area contributed by atoms with Gasteiger partial charge in [0.1, 0.15) is 0 Å². The van der Waals surface area contributed by atoms with Gasteiger partial charge in [0.05, 0.1) is 23.8 Å². The van der Waals surface area contributed by atoms with Crippen molar-refractivity contribution in [3.8, 4) is 0 Å². The van der Waals surface area contributed by atoms with Crippen molar-refractivity contribution in [1.29, 1.82) is 0 Å². The molecule has 1 aromatic heterocycles. The zero-order valence-electron chi connectivity index (χ0n) is 13.3. The number of thiazole rings is 1. The summed E-state index contributed by atoms with van der Waals surface area (Å²) < 4.78 is 5.40. The van der Waals surface area contributed by atoms with Crippen LogP contribution in [0.3, 0.4) is 0 Å². The van der Waals surface area contributed by atoms with Gasteiger partial charge in [0.2, 0.25) is 0 Å². The van der Waals surface area contributed by atoms with Gasteiger partial charge < -0.3 is 21.1 Å². The maximum Gasteiger partial charge on any atom is 0.186 e. The molecule has 0 atom stereocenters. The number of nitrogens with two attached hydrogens (primary N) is 2. The molecule has 0 amide bonds. The largest absolute Gasteiger partial charge is 0.402 e. The summed E-state index contributed by atoms with van der Waals surface area (Å²) in [6.45, 7) is 11.4. The van der Waals surface area contributed by atoms with Crippen LogP contribution < -0.4 is 16.4 Å². The van der Waals surface area contributed by atoms with E-state index in [2.05, 4.69) is 11.5 Å². The first-order chi connectivity index (χ1) is 10.5. The monoisotopic (exact) mass is 320 g/mol. The number of nitrogens with zero attached hydrogens (tertiary/aromatic N) is 2. The van der Waals surface area contributed by atoms with E-state index < -0.39 is 0 Å². The average molecular weight is 320 g/mol. The Morgan fingerprint density at radius 2 is 2.05 bits per heavy atom. The second-order valence-electron chi connectivity index (χ2n) is 5.41. The molecule has 1 fully saturated rings. The molecular weight excluding hydrogens is 296 g/mol. The van der Waals surface area contributed by atoms with Gasteiger partial charge in [-0.25, -0.2) is 4.98 Å². The normalized spacial score (nSPS) is 17.0. The average Bonchev–Trinajstić information content (AvgIpc) is 2.90. The number of hydrogen-bond acceptors (Lipinski definition) is 6. The van der Waals surface area contributed by atoms with Crippen LogP contribution in [0.1, 0.15) is 24.4 Å². The van der Waals surface area contributed by atoms with Gasteiger partial charge >= 0.3 is 0 Å². The van der Waals surface area contributed by atoms with E-state index in [4.69, 9.17) is 21.2 Å². The summed E-state index contributed by atoms with van der Waals surface area (Å²) in [6, 6.07) is 0. The fourth-order valence-electron chi connectivity index (χ4n) is 2.28. The summed E-state index contributed by atoms with van der Waals surface area (Å²) in [5.74, 6) is 0. The maximum atomic E-state index is 5.89. The fourth-order valence-corrected chi connectivity index (χ4v) is 3.41. The Kier molecular flexibility index (Phi) is 5.76. The molecule has 0 aromatic carbocycles. The molecule has 1 saturated heterocycles. The molecule has 0 unspecified atom stereocenters. The van der Waals surface area contributed by atoms with Crippen molar-refractivity contribution >= 4 is 22.0 Å². The van der Waals surface area contributed by atoms with Crippen molar-refractivity contribution in [3.05, 3.63) is 40.6 Å². The predicted molar refractivity (Wildman–Crippen MR) is 93.8 cm³/mol. The number of ether oxygens (including phenoxy) is 1. The van der Waals surface area contributed by atoms with Crippen molar-refractivity contribution in [3.63, 3.8) is 0 Å². The molecule has 2 rings (SSSR count). The lowest BCUT2D eigenvalue weighted by molar-refractivity contribution is 0.122. The van der Waals surface area contributed by atoms with Crippen LogP contribution in [0.25, 0.3) is 5.57 Å². The van der Waals surface area contributed by atoms with Gasteiger partial charge in [-0.3, -0.25) is 0 Å². The van der Waals surface area contributed by atoms with Gasteiger partial charge in [-0.2, -0.15) is 0 Å². The maximum absolute atomic E-state index is 5.89. The summed E-state index contributed by atoms with van der Waals surface area (Å²) in [5.41, 5.74) is 15.4. The minimum absolute atomic E-state index is 0.404. The zero-order valence-corrected chi connectivity index (χ0v) is 14.1. The van der Waals surface area contributed by atoms with Crippen molar-refractivity contribution in [2.24, 2.45) is 11.5 Å². The lowest BCUT2D eigenvalue weighted by atomic mass is 10.1. The molecule has 0 aliphatic carbocycles. The van der Waals surface area contributed by atoms with Crippen LogP contribution in [-0.4, -0.2) is 31.3 Å². The van der Waals surface area contributed by atoms with Crippen LogP contribution in [0.5, 0.6) is 0 Å². The topological polar surface area (TPSA) is 77.4 Å². The van der Waals surface area contributed by atoms with Gasteiger partial charge in [-0.15, -0.1) is 0 Å². The minimum atomic E-state index is 0.404. The number of morpholine rings is 1. The van der Waals surface area contributed by atoms with E-state index >= 15 is 0 Å². The second kappa shape index (κ2) is 7.58. The van der Waals surface area contributed by atoms with Crippen molar-refractivity contribution < 1.29 is 4.74 Å². The first-order valence-corrected chi connectivity index (χ1v) is 8.16. The first-order valence-electron chi connectivity index (χ1n) is 7.35. The summed E-state index contributed by atoms with van der Waals surface area (Å²) in [5, 5.41) is 0.995. The van der Waals surface area contributed by atoms with Crippen LogP contribution in [-0.2, 0) is 11.3 Å². The Balaban J connectivity index is 2.41. The molecule has 2 heterocycles. The quantitative estimate of drug-likeness (QED) is 0.814. The summed E-state index contributed by atoms with van der Waals surface area (Å²) >= 11 is 1.65. The number of anilines is 1. The Labute approximate surface area is 136 Å². The van der Waals surface area contributed by atoms with Crippen LogP contribution in [0.4, 0.5) is 5.13 Å². The van der Waals surface area contributed by atoms with Gasteiger partial charge in [0, 0.05) is 25.3 Å². The van der Waals surface area contributed by atoms with E-state index in [-0.39, 0.29) is 0 Å². The van der Waals surface area contributed by atoms with E-state index in [0.29, 0.717) is 6.54 Å². The third-order valence-corrected chi connectivity index (χ3v) is 4.42. The van der Waals surface area contributed by atoms with Crippen molar-refractivity contribution in [1.82, 2.24) is 4.98 Å². The highest BCUT2D eigenvalue weighted by Crippen LogP contribution is 2.33. The molecule has 4 N–H and O–H groups in total. The summed E-state index contributed by atoms with van der Waals surface area (Å²) in [4.78, 5) is 8.02. The standard InChI is InChI=1S/C16H24N4OS/c1-11(2)8-13(9-12(3)18)15-14(10-17)19-16(22-15)20-4-6-21-7-5-20/h8-9H,1,4-7,10,17-18H2,2-3H3/b12-9-,13-8+. The van der Waals surface area contributed by atoms with E-state index in [1.807, 2.05) is 26.0 Å². The minimum Gasteiger partial charge on any atom is -0.402 e. The summed E-state index contributed by atoms with van der Waals surface area (Å²) in [7, 11) is 0. The molecule has 1 aromatic rings. The molecule has 0 bridgehead atoms. The zero-order chi connectivity index (χ0) is 16.1. The molecule has 120 valence electrons. The first kappa shape index (κ1) is 16.7. The molecule has 5 nitrogen and oxygen atoms in total. The number of hydrogen-bond donors (Lipinski definition) is 2. The third-order valence-electron chi connectivity index (χ3n) is 3.21. The molecular formula is C16H24N4OS. The highest BCUT2D eigenvalue weighted by atomic mass is 32.1. The van der Waals surface area contributed by atoms with Crippen LogP contribution in [0.15, 0.2) is 30.0 Å². The van der Waals surface area contributed by atoms with Gasteiger partial charge in [0.15, 0.2) is 5.13 Å². The van der Waals surface area contributed by atoms with E-state index in [1.165, 1.54) is 0 Å². The number of aromatic nitrogens is 1. The highest BCUT2D eigenvalue weighted by molar-refractivity contribution is 7.16. The van der Waals surface area contributed by atoms with Gasteiger partial charge in [-0.05, 0) is 25.5 Å². The van der Waals surface area contributed by atoms with E-state index in [0.717, 1.165) is 58.8 Å².